The Morgan fingerprint density at radius 2 is 1.63 bits per heavy atom. The number of alkyl halides is 2. The molecular weight excluding hydrogens is 402 g/mol. The van der Waals surface area contributed by atoms with Gasteiger partial charge >= 0.3 is 12.1 Å². The highest BCUT2D eigenvalue weighted by molar-refractivity contribution is 6.20. The predicted molar refractivity (Wildman–Crippen MR) is 96.4 cm³/mol. The van der Waals surface area contributed by atoms with Crippen molar-refractivity contribution >= 4 is 23.9 Å². The third-order valence-electron chi connectivity index (χ3n) is 5.36. The van der Waals surface area contributed by atoms with Crippen LogP contribution in [0.25, 0.3) is 0 Å². The number of imide groups is 1. The van der Waals surface area contributed by atoms with Crippen LogP contribution >= 0.6 is 0 Å². The molecule has 10 heteroatoms. The Morgan fingerprint density at radius 3 is 2.17 bits per heavy atom. The van der Waals surface area contributed by atoms with Gasteiger partial charge in [-0.15, -0.1) is 0 Å². The van der Waals surface area contributed by atoms with Gasteiger partial charge in [-0.25, -0.2) is 18.4 Å². The molecule has 2 heterocycles. The lowest BCUT2D eigenvalue weighted by Gasteiger charge is -2.34. The Morgan fingerprint density at radius 1 is 1.07 bits per heavy atom. The van der Waals surface area contributed by atoms with Gasteiger partial charge in [-0.1, -0.05) is 17.2 Å². The van der Waals surface area contributed by atoms with Crippen LogP contribution in [-0.4, -0.2) is 57.4 Å². The molecule has 1 aromatic rings. The lowest BCUT2D eigenvalue weighted by molar-refractivity contribution is -0.176. The number of hydrogen-bond donors (Lipinski definition) is 0. The first-order valence-electron chi connectivity index (χ1n) is 9.52. The second-order valence-electron chi connectivity index (χ2n) is 8.57. The lowest BCUT2D eigenvalue weighted by atomic mass is 10.0. The van der Waals surface area contributed by atoms with Crippen molar-refractivity contribution in [2.75, 3.05) is 0 Å². The SMILES string of the molecule is CC(C)(C)OC(=O)N1C(C(=O)ON2C(=O)c3ccccc3C2=O)CCC2C1C2(F)F. The fourth-order valence-electron chi connectivity index (χ4n) is 3.96. The van der Waals surface area contributed by atoms with Crippen LogP contribution in [-0.2, 0) is 14.4 Å². The van der Waals surface area contributed by atoms with Crippen molar-refractivity contribution in [3.8, 4) is 0 Å². The first-order chi connectivity index (χ1) is 13.9. The van der Waals surface area contributed by atoms with E-state index in [0.29, 0.717) is 9.96 Å². The molecule has 0 bridgehead atoms. The van der Waals surface area contributed by atoms with Crippen molar-refractivity contribution in [3.05, 3.63) is 35.4 Å². The Balaban J connectivity index is 1.56. The summed E-state index contributed by atoms with van der Waals surface area (Å²) in [5.74, 6) is -7.01. The van der Waals surface area contributed by atoms with Crippen LogP contribution in [0.4, 0.5) is 13.6 Å². The summed E-state index contributed by atoms with van der Waals surface area (Å²) in [5.41, 5.74) is -0.834. The van der Waals surface area contributed by atoms with Crippen LogP contribution in [0.1, 0.15) is 54.3 Å². The summed E-state index contributed by atoms with van der Waals surface area (Å²) in [7, 11) is 0. The molecule has 30 heavy (non-hydrogen) atoms. The highest BCUT2D eigenvalue weighted by Gasteiger charge is 2.75. The van der Waals surface area contributed by atoms with E-state index in [-0.39, 0.29) is 24.0 Å². The summed E-state index contributed by atoms with van der Waals surface area (Å²) < 4.78 is 33.5. The molecule has 1 aromatic carbocycles. The van der Waals surface area contributed by atoms with Crippen molar-refractivity contribution in [2.45, 2.75) is 57.2 Å². The van der Waals surface area contributed by atoms with Crippen molar-refractivity contribution in [2.24, 2.45) is 5.92 Å². The number of hydrogen-bond acceptors (Lipinski definition) is 6. The quantitative estimate of drug-likeness (QED) is 0.681. The minimum absolute atomic E-state index is 0.00114. The first kappa shape index (κ1) is 20.2. The summed E-state index contributed by atoms with van der Waals surface area (Å²) >= 11 is 0. The highest BCUT2D eigenvalue weighted by Crippen LogP contribution is 2.58. The smallest absolute Gasteiger partial charge is 0.411 e. The number of carbonyl (C=O) groups excluding carboxylic acids is 4. The monoisotopic (exact) mass is 422 g/mol. The zero-order valence-corrected chi connectivity index (χ0v) is 16.6. The zero-order valence-electron chi connectivity index (χ0n) is 16.6. The maximum absolute atomic E-state index is 14.2. The molecule has 3 amide bonds. The van der Waals surface area contributed by atoms with Gasteiger partial charge in [0.2, 0.25) is 0 Å². The van der Waals surface area contributed by atoms with Gasteiger partial charge in [0.25, 0.3) is 17.7 Å². The topological polar surface area (TPSA) is 93.2 Å². The standard InChI is InChI=1S/C20H20F2N2O6/c1-19(2,3)29-18(28)23-13(9-8-12-14(23)20(12,21)22)17(27)30-24-15(25)10-6-4-5-7-11(10)16(24)26/h4-7,12-14H,8-9H2,1-3H3. The third kappa shape index (κ3) is 3.10. The molecule has 160 valence electrons. The Hall–Kier alpha value is -3.04. The molecule has 1 saturated heterocycles. The van der Waals surface area contributed by atoms with Crippen LogP contribution in [0.2, 0.25) is 0 Å². The maximum Gasteiger partial charge on any atom is 0.411 e. The van der Waals surface area contributed by atoms with Crippen LogP contribution in [0.15, 0.2) is 24.3 Å². The van der Waals surface area contributed by atoms with Crippen LogP contribution in [0.5, 0.6) is 0 Å². The zero-order chi connectivity index (χ0) is 22.0. The number of piperidine rings is 1. The van der Waals surface area contributed by atoms with Gasteiger partial charge in [0.05, 0.1) is 17.0 Å². The van der Waals surface area contributed by atoms with Gasteiger partial charge < -0.3 is 9.57 Å². The molecule has 0 spiro atoms. The largest absolute Gasteiger partial charge is 0.444 e. The number of carbonyl (C=O) groups is 4. The molecule has 3 atom stereocenters. The number of benzene rings is 1. The highest BCUT2D eigenvalue weighted by atomic mass is 19.3. The molecule has 0 radical (unpaired) electrons. The van der Waals surface area contributed by atoms with Gasteiger partial charge in [-0.2, -0.15) is 0 Å². The van der Waals surface area contributed by atoms with Crippen molar-refractivity contribution in [3.63, 3.8) is 0 Å². The Kier molecular flexibility index (Phi) is 4.37. The summed E-state index contributed by atoms with van der Waals surface area (Å²) in [6, 6.07) is 3.03. The molecule has 2 fully saturated rings. The van der Waals surface area contributed by atoms with Gasteiger partial charge in [0, 0.05) is 0 Å². The average molecular weight is 422 g/mol. The molecule has 4 rings (SSSR count). The molecule has 0 N–H and O–H groups in total. The molecule has 8 nitrogen and oxygen atoms in total. The number of likely N-dealkylation sites (tertiary alicyclic amines) is 1. The first-order valence-corrected chi connectivity index (χ1v) is 9.52. The normalized spacial score (nSPS) is 26.8. The van der Waals surface area contributed by atoms with Crippen molar-refractivity contribution in [1.29, 1.82) is 0 Å². The molecule has 2 aliphatic heterocycles. The number of rotatable bonds is 2. The molecule has 0 aromatic heterocycles. The Bertz CT molecular complexity index is 922. The minimum atomic E-state index is -3.14. The van der Waals surface area contributed by atoms with E-state index in [2.05, 4.69) is 0 Å². The summed E-state index contributed by atoms with van der Waals surface area (Å²) in [4.78, 5) is 55.9. The van der Waals surface area contributed by atoms with E-state index in [4.69, 9.17) is 9.57 Å². The van der Waals surface area contributed by atoms with E-state index < -0.39 is 53.4 Å². The fourth-order valence-corrected chi connectivity index (χ4v) is 3.96. The van der Waals surface area contributed by atoms with E-state index >= 15 is 0 Å². The van der Waals surface area contributed by atoms with Crippen molar-refractivity contribution in [1.82, 2.24) is 9.96 Å². The number of amides is 3. The maximum atomic E-state index is 14.2. The summed E-state index contributed by atoms with van der Waals surface area (Å²) in [6.45, 7) is 4.72. The van der Waals surface area contributed by atoms with Gasteiger partial charge in [-0.3, -0.25) is 14.5 Å². The van der Waals surface area contributed by atoms with Gasteiger partial charge in [-0.05, 0) is 45.7 Å². The van der Waals surface area contributed by atoms with E-state index in [1.165, 1.54) is 12.1 Å². The predicted octanol–water partition coefficient (Wildman–Crippen LogP) is 2.77. The number of hydroxylamine groups is 2. The number of ether oxygens (including phenoxy) is 1. The molecule has 1 saturated carbocycles. The molecule has 1 aliphatic carbocycles. The van der Waals surface area contributed by atoms with Crippen LogP contribution in [0, 0.1) is 5.92 Å². The van der Waals surface area contributed by atoms with Crippen LogP contribution < -0.4 is 0 Å². The second-order valence-corrected chi connectivity index (χ2v) is 8.57. The van der Waals surface area contributed by atoms with E-state index in [1.54, 1.807) is 32.9 Å². The fraction of sp³-hybridized carbons (Fsp3) is 0.500. The Labute approximate surface area is 170 Å². The van der Waals surface area contributed by atoms with Crippen LogP contribution in [0.3, 0.4) is 0 Å². The van der Waals surface area contributed by atoms with E-state index in [9.17, 15) is 28.0 Å². The second kappa shape index (κ2) is 6.48. The molecular formula is C20H20F2N2O6. The van der Waals surface area contributed by atoms with Crippen molar-refractivity contribution < 1.29 is 37.5 Å². The van der Waals surface area contributed by atoms with E-state index in [1.807, 2.05) is 0 Å². The minimum Gasteiger partial charge on any atom is -0.444 e. The molecule has 3 unspecified atom stereocenters. The lowest BCUT2D eigenvalue weighted by Crippen LogP contribution is -2.53. The average Bonchev–Trinajstić information content (AvgIpc) is 3.14. The third-order valence-corrected chi connectivity index (χ3v) is 5.36. The van der Waals surface area contributed by atoms with Gasteiger partial charge in [0.1, 0.15) is 17.7 Å². The summed E-state index contributed by atoms with van der Waals surface area (Å²) in [5, 5.41) is 0.303. The number of halogens is 2. The van der Waals surface area contributed by atoms with E-state index in [0.717, 1.165) is 0 Å². The molecule has 3 aliphatic rings. The number of fused-ring (bicyclic) bond motifs is 2. The number of nitrogens with zero attached hydrogens (tertiary/aromatic N) is 2. The van der Waals surface area contributed by atoms with Gasteiger partial charge in [0.15, 0.2) is 0 Å². The summed E-state index contributed by atoms with van der Waals surface area (Å²) in [6.07, 6.45) is -1.17.